The van der Waals surface area contributed by atoms with E-state index in [1.54, 1.807) is 12.1 Å². The fraction of sp³-hybridized carbons (Fsp3) is 0.471. The highest BCUT2D eigenvalue weighted by molar-refractivity contribution is 6.30. The summed E-state index contributed by atoms with van der Waals surface area (Å²) in [4.78, 5) is 0. The number of aromatic nitrogens is 2. The van der Waals surface area contributed by atoms with Crippen LogP contribution in [0, 0.1) is 0 Å². The maximum absolute atomic E-state index is 10.2. The number of nitrogens with zero attached hydrogens (tertiary/aromatic N) is 2. The van der Waals surface area contributed by atoms with Crippen molar-refractivity contribution in [1.29, 1.82) is 0 Å². The van der Waals surface area contributed by atoms with Crippen LogP contribution in [0.25, 0.3) is 0 Å². The van der Waals surface area contributed by atoms with Crippen LogP contribution in [0.1, 0.15) is 42.5 Å². The summed E-state index contributed by atoms with van der Waals surface area (Å²) in [6.45, 7) is 5.49. The minimum atomic E-state index is -0.538. The third kappa shape index (κ3) is 3.88. The molecule has 0 bridgehead atoms. The number of aliphatic hydroxyl groups is 1. The van der Waals surface area contributed by atoms with E-state index in [9.17, 15) is 5.11 Å². The van der Waals surface area contributed by atoms with Gasteiger partial charge in [0.1, 0.15) is 0 Å². The van der Waals surface area contributed by atoms with Gasteiger partial charge in [-0.05, 0) is 30.5 Å². The molecule has 1 heterocycles. The van der Waals surface area contributed by atoms with Gasteiger partial charge in [0.15, 0.2) is 0 Å². The Bertz CT molecular complexity index is 607. The van der Waals surface area contributed by atoms with Gasteiger partial charge in [-0.3, -0.25) is 4.68 Å². The van der Waals surface area contributed by atoms with E-state index in [1.807, 2.05) is 23.9 Å². The summed E-state index contributed by atoms with van der Waals surface area (Å²) >= 11 is 5.86. The largest absolute Gasteiger partial charge is 0.387 e. The number of halogens is 1. The van der Waals surface area contributed by atoms with Crippen molar-refractivity contribution in [2.75, 3.05) is 6.54 Å². The molecule has 0 saturated carbocycles. The molecule has 0 fully saturated rings. The Morgan fingerprint density at radius 1 is 1.23 bits per heavy atom. The van der Waals surface area contributed by atoms with Crippen molar-refractivity contribution in [1.82, 2.24) is 15.1 Å². The summed E-state index contributed by atoms with van der Waals surface area (Å²) < 4.78 is 1.96. The zero-order valence-electron chi connectivity index (χ0n) is 13.4. The van der Waals surface area contributed by atoms with Gasteiger partial charge in [0, 0.05) is 36.4 Å². The number of benzene rings is 1. The quantitative estimate of drug-likeness (QED) is 0.824. The summed E-state index contributed by atoms with van der Waals surface area (Å²) in [5.41, 5.74) is 4.52. The lowest BCUT2D eigenvalue weighted by atomic mass is 10.1. The van der Waals surface area contributed by atoms with Crippen molar-refractivity contribution in [3.63, 3.8) is 0 Å². The van der Waals surface area contributed by atoms with Crippen LogP contribution >= 0.6 is 11.6 Å². The van der Waals surface area contributed by atoms with E-state index < -0.39 is 6.10 Å². The Morgan fingerprint density at radius 3 is 2.50 bits per heavy atom. The van der Waals surface area contributed by atoms with Crippen molar-refractivity contribution in [2.24, 2.45) is 7.05 Å². The zero-order chi connectivity index (χ0) is 16.1. The van der Waals surface area contributed by atoms with E-state index in [2.05, 4.69) is 24.3 Å². The van der Waals surface area contributed by atoms with E-state index in [0.717, 1.165) is 30.6 Å². The van der Waals surface area contributed by atoms with Crippen molar-refractivity contribution in [3.8, 4) is 0 Å². The Kier molecular flexibility index (Phi) is 6.00. The van der Waals surface area contributed by atoms with Gasteiger partial charge >= 0.3 is 0 Å². The molecule has 1 aromatic heterocycles. The summed E-state index contributed by atoms with van der Waals surface area (Å²) in [7, 11) is 1.99. The van der Waals surface area contributed by atoms with E-state index in [1.165, 1.54) is 11.3 Å². The molecule has 0 amide bonds. The van der Waals surface area contributed by atoms with E-state index in [4.69, 9.17) is 11.6 Å². The zero-order valence-corrected chi connectivity index (χ0v) is 14.2. The van der Waals surface area contributed by atoms with Crippen molar-refractivity contribution in [2.45, 2.75) is 39.3 Å². The van der Waals surface area contributed by atoms with Gasteiger partial charge in [0.05, 0.1) is 11.8 Å². The number of nitrogens with one attached hydrogen (secondary N) is 1. The summed E-state index contributed by atoms with van der Waals surface area (Å²) in [5.74, 6) is 0. The second kappa shape index (κ2) is 7.77. The lowest BCUT2D eigenvalue weighted by molar-refractivity contribution is 0.174. The van der Waals surface area contributed by atoms with Gasteiger partial charge in [-0.25, -0.2) is 0 Å². The normalized spacial score (nSPS) is 12.6. The minimum absolute atomic E-state index is 0.503. The number of aliphatic hydroxyl groups excluding tert-OH is 1. The topological polar surface area (TPSA) is 50.1 Å². The lowest BCUT2D eigenvalue weighted by Gasteiger charge is -2.13. The molecule has 0 saturated heterocycles. The predicted octanol–water partition coefficient (Wildman–Crippen LogP) is 3.02. The van der Waals surface area contributed by atoms with Gasteiger partial charge < -0.3 is 10.4 Å². The molecule has 5 heteroatoms. The van der Waals surface area contributed by atoms with E-state index >= 15 is 0 Å². The van der Waals surface area contributed by atoms with Gasteiger partial charge in [-0.1, -0.05) is 37.6 Å². The monoisotopic (exact) mass is 321 g/mol. The van der Waals surface area contributed by atoms with Crippen molar-refractivity contribution in [3.05, 3.63) is 51.8 Å². The molecule has 4 nitrogen and oxygen atoms in total. The van der Waals surface area contributed by atoms with Crippen LogP contribution in [0.4, 0.5) is 0 Å². The molecule has 1 unspecified atom stereocenters. The molecular formula is C17H24ClN3O. The summed E-state index contributed by atoms with van der Waals surface area (Å²) in [5, 5.41) is 18.8. The molecule has 0 radical (unpaired) electrons. The molecule has 0 spiro atoms. The summed E-state index contributed by atoms with van der Waals surface area (Å²) in [6.07, 6.45) is 1.34. The average Bonchev–Trinajstić information content (AvgIpc) is 2.83. The number of hydrogen-bond donors (Lipinski definition) is 2. The highest BCUT2D eigenvalue weighted by Crippen LogP contribution is 2.17. The third-order valence-corrected chi connectivity index (χ3v) is 4.17. The van der Waals surface area contributed by atoms with Gasteiger partial charge in [0.2, 0.25) is 0 Å². The highest BCUT2D eigenvalue weighted by Gasteiger charge is 2.14. The molecule has 22 heavy (non-hydrogen) atoms. The first-order valence-electron chi connectivity index (χ1n) is 7.74. The maximum Gasteiger partial charge on any atom is 0.0914 e. The maximum atomic E-state index is 10.2. The Balaban J connectivity index is 1.97. The van der Waals surface area contributed by atoms with Crippen molar-refractivity contribution >= 4 is 11.6 Å². The van der Waals surface area contributed by atoms with Crippen LogP contribution in [-0.2, 0) is 26.4 Å². The summed E-state index contributed by atoms with van der Waals surface area (Å²) in [6, 6.07) is 7.30. The molecule has 2 aromatic rings. The first-order chi connectivity index (χ1) is 10.6. The molecule has 2 N–H and O–H groups in total. The first-order valence-corrected chi connectivity index (χ1v) is 8.12. The second-order valence-corrected chi connectivity index (χ2v) is 5.84. The van der Waals surface area contributed by atoms with Crippen molar-refractivity contribution < 1.29 is 5.11 Å². The predicted molar refractivity (Wildman–Crippen MR) is 90.1 cm³/mol. The lowest BCUT2D eigenvalue weighted by Crippen LogP contribution is -2.22. The van der Waals surface area contributed by atoms with Gasteiger partial charge in [-0.2, -0.15) is 5.10 Å². The van der Waals surface area contributed by atoms with Crippen LogP contribution in [0.15, 0.2) is 24.3 Å². The Morgan fingerprint density at radius 2 is 1.91 bits per heavy atom. The minimum Gasteiger partial charge on any atom is -0.387 e. The van der Waals surface area contributed by atoms with E-state index in [-0.39, 0.29) is 0 Å². The molecule has 2 rings (SSSR count). The number of rotatable bonds is 7. The Labute approximate surface area is 137 Å². The van der Waals surface area contributed by atoms with E-state index in [0.29, 0.717) is 11.6 Å². The first kappa shape index (κ1) is 17.0. The molecule has 0 aliphatic rings. The number of hydrogen-bond acceptors (Lipinski definition) is 3. The highest BCUT2D eigenvalue weighted by atomic mass is 35.5. The number of aryl methyl sites for hydroxylation is 2. The SMILES string of the molecule is CCc1nn(C)c(CC)c1CNCC(O)c1ccc(Cl)cc1. The average molecular weight is 322 g/mol. The Hall–Kier alpha value is -1.36. The fourth-order valence-corrected chi connectivity index (χ4v) is 2.86. The molecule has 0 aliphatic heterocycles. The van der Waals surface area contributed by atoms with Crippen LogP contribution in [0.5, 0.6) is 0 Å². The van der Waals surface area contributed by atoms with Crippen LogP contribution < -0.4 is 5.32 Å². The molecule has 0 aliphatic carbocycles. The van der Waals surface area contributed by atoms with Crippen LogP contribution in [0.3, 0.4) is 0 Å². The second-order valence-electron chi connectivity index (χ2n) is 5.40. The molecule has 1 aromatic carbocycles. The molecular weight excluding hydrogens is 298 g/mol. The fourth-order valence-electron chi connectivity index (χ4n) is 2.73. The smallest absolute Gasteiger partial charge is 0.0914 e. The molecule has 1 atom stereocenters. The molecule has 120 valence electrons. The standard InChI is InChI=1S/C17H24ClN3O/c1-4-15-14(16(5-2)21(3)20-15)10-19-11-17(22)12-6-8-13(18)9-7-12/h6-9,17,19,22H,4-5,10-11H2,1-3H3. The van der Waals surface area contributed by atoms with Crippen LogP contribution in [-0.4, -0.2) is 21.4 Å². The third-order valence-electron chi connectivity index (χ3n) is 3.92. The van der Waals surface area contributed by atoms with Crippen LogP contribution in [0.2, 0.25) is 5.02 Å². The van der Waals surface area contributed by atoms with Gasteiger partial charge in [-0.15, -0.1) is 0 Å². The van der Waals surface area contributed by atoms with Gasteiger partial charge in [0.25, 0.3) is 0 Å².